The molecule has 0 aliphatic carbocycles. The predicted octanol–water partition coefficient (Wildman–Crippen LogP) is 3.90. The van der Waals surface area contributed by atoms with Gasteiger partial charge in [-0.25, -0.2) is 0 Å². The number of hydrogen-bond donors (Lipinski definition) is 0. The van der Waals surface area contributed by atoms with Crippen LogP contribution < -0.4 is 0 Å². The SMILES string of the molecule is C=CCn1c(SCCCc2cnn(C)c2)nnc1-c1cccc(C)c1. The van der Waals surface area contributed by atoms with Gasteiger partial charge in [-0.1, -0.05) is 41.6 Å². The topological polar surface area (TPSA) is 48.5 Å². The van der Waals surface area contributed by atoms with E-state index in [1.807, 2.05) is 24.0 Å². The third-order valence-corrected chi connectivity index (χ3v) is 4.96. The fourth-order valence-corrected chi connectivity index (χ4v) is 3.61. The van der Waals surface area contributed by atoms with Gasteiger partial charge in [0.1, 0.15) is 0 Å². The maximum Gasteiger partial charge on any atom is 0.191 e. The summed E-state index contributed by atoms with van der Waals surface area (Å²) in [4.78, 5) is 0. The van der Waals surface area contributed by atoms with Crippen LogP contribution in [0.1, 0.15) is 17.5 Å². The third kappa shape index (κ3) is 4.39. The number of aromatic nitrogens is 5. The van der Waals surface area contributed by atoms with E-state index in [2.05, 4.69) is 63.8 Å². The van der Waals surface area contributed by atoms with Crippen LogP contribution in [0.3, 0.4) is 0 Å². The Balaban J connectivity index is 1.67. The van der Waals surface area contributed by atoms with Crippen LogP contribution in [0, 0.1) is 6.92 Å². The van der Waals surface area contributed by atoms with Crippen LogP contribution in [0.2, 0.25) is 0 Å². The molecule has 1 aromatic carbocycles. The van der Waals surface area contributed by atoms with E-state index in [-0.39, 0.29) is 0 Å². The lowest BCUT2D eigenvalue weighted by molar-refractivity contribution is 0.730. The highest BCUT2D eigenvalue weighted by atomic mass is 32.2. The standard InChI is InChI=1S/C19H23N5S/c1-4-10-24-18(17-9-5-7-15(2)12-17)21-22-19(24)25-11-6-8-16-13-20-23(3)14-16/h4-5,7,9,12-14H,1,6,8,10-11H2,2-3H3. The highest BCUT2D eigenvalue weighted by Gasteiger charge is 2.13. The molecule has 0 atom stereocenters. The summed E-state index contributed by atoms with van der Waals surface area (Å²) in [6.45, 7) is 6.67. The third-order valence-electron chi connectivity index (χ3n) is 3.90. The second-order valence-corrected chi connectivity index (χ2v) is 7.11. The van der Waals surface area contributed by atoms with Crippen molar-refractivity contribution in [1.29, 1.82) is 0 Å². The number of aryl methyl sites for hydroxylation is 3. The zero-order valence-corrected chi connectivity index (χ0v) is 15.5. The molecule has 6 heteroatoms. The van der Waals surface area contributed by atoms with Crippen LogP contribution in [0.4, 0.5) is 0 Å². The van der Waals surface area contributed by atoms with Crippen LogP contribution in [-0.4, -0.2) is 30.3 Å². The van der Waals surface area contributed by atoms with Gasteiger partial charge in [-0.3, -0.25) is 9.25 Å². The molecule has 2 aromatic heterocycles. The molecule has 0 aliphatic rings. The second-order valence-electron chi connectivity index (χ2n) is 6.05. The normalized spacial score (nSPS) is 11.0. The van der Waals surface area contributed by atoms with Crippen LogP contribution in [0.5, 0.6) is 0 Å². The first-order valence-electron chi connectivity index (χ1n) is 8.39. The van der Waals surface area contributed by atoms with E-state index in [1.165, 1.54) is 11.1 Å². The van der Waals surface area contributed by atoms with Crippen LogP contribution in [-0.2, 0) is 20.0 Å². The van der Waals surface area contributed by atoms with Crippen molar-refractivity contribution in [1.82, 2.24) is 24.5 Å². The maximum absolute atomic E-state index is 4.42. The van der Waals surface area contributed by atoms with Gasteiger partial charge in [0.05, 0.1) is 6.20 Å². The van der Waals surface area contributed by atoms with E-state index < -0.39 is 0 Å². The van der Waals surface area contributed by atoms with Gasteiger partial charge < -0.3 is 0 Å². The minimum atomic E-state index is 0.710. The molecule has 3 aromatic rings. The Kier molecular flexibility index (Phi) is 5.71. The summed E-state index contributed by atoms with van der Waals surface area (Å²) in [5.74, 6) is 1.90. The summed E-state index contributed by atoms with van der Waals surface area (Å²) < 4.78 is 3.98. The molecule has 2 heterocycles. The molecule has 3 rings (SSSR count). The Morgan fingerprint density at radius 1 is 1.28 bits per heavy atom. The van der Waals surface area contributed by atoms with Crippen molar-refractivity contribution in [2.75, 3.05) is 5.75 Å². The molecular formula is C19H23N5S. The maximum atomic E-state index is 4.42. The Morgan fingerprint density at radius 3 is 2.88 bits per heavy atom. The first-order valence-corrected chi connectivity index (χ1v) is 9.37. The Morgan fingerprint density at radius 2 is 2.16 bits per heavy atom. The molecule has 25 heavy (non-hydrogen) atoms. The molecule has 0 spiro atoms. The van der Waals surface area contributed by atoms with Crippen LogP contribution >= 0.6 is 11.8 Å². The lowest BCUT2D eigenvalue weighted by Gasteiger charge is -2.08. The summed E-state index contributed by atoms with van der Waals surface area (Å²) in [5.41, 5.74) is 3.59. The van der Waals surface area contributed by atoms with Crippen molar-refractivity contribution >= 4 is 11.8 Å². The van der Waals surface area contributed by atoms with Gasteiger partial charge in [-0.2, -0.15) is 5.10 Å². The molecule has 0 saturated heterocycles. The molecule has 5 nitrogen and oxygen atoms in total. The summed E-state index contributed by atoms with van der Waals surface area (Å²) in [6, 6.07) is 8.36. The van der Waals surface area contributed by atoms with E-state index in [4.69, 9.17) is 0 Å². The Labute approximate surface area is 152 Å². The summed E-state index contributed by atoms with van der Waals surface area (Å²) in [6.07, 6.45) is 8.00. The number of benzene rings is 1. The quantitative estimate of drug-likeness (QED) is 0.350. The van der Waals surface area contributed by atoms with Crippen molar-refractivity contribution in [2.45, 2.75) is 31.5 Å². The van der Waals surface area contributed by atoms with Crippen molar-refractivity contribution < 1.29 is 0 Å². The van der Waals surface area contributed by atoms with Gasteiger partial charge in [-0.15, -0.1) is 16.8 Å². The number of thioether (sulfide) groups is 1. The Hall–Kier alpha value is -2.34. The Bertz CT molecular complexity index is 849. The molecule has 0 radical (unpaired) electrons. The van der Waals surface area contributed by atoms with Crippen molar-refractivity contribution in [2.24, 2.45) is 7.05 Å². The van der Waals surface area contributed by atoms with Gasteiger partial charge in [0.25, 0.3) is 0 Å². The first kappa shape index (κ1) is 17.5. The monoisotopic (exact) mass is 353 g/mol. The predicted molar refractivity (Wildman–Crippen MR) is 103 cm³/mol. The zero-order valence-electron chi connectivity index (χ0n) is 14.7. The summed E-state index contributed by atoms with van der Waals surface area (Å²) >= 11 is 1.75. The minimum Gasteiger partial charge on any atom is -0.298 e. The van der Waals surface area contributed by atoms with Crippen molar-refractivity contribution in [3.63, 3.8) is 0 Å². The molecule has 0 aliphatic heterocycles. The van der Waals surface area contributed by atoms with E-state index in [9.17, 15) is 0 Å². The van der Waals surface area contributed by atoms with Crippen molar-refractivity contribution in [3.8, 4) is 11.4 Å². The van der Waals surface area contributed by atoms with Gasteiger partial charge in [0, 0.05) is 31.1 Å². The van der Waals surface area contributed by atoms with Crippen LogP contribution in [0.15, 0.2) is 54.5 Å². The lowest BCUT2D eigenvalue weighted by Crippen LogP contribution is -2.01. The first-order chi connectivity index (χ1) is 12.2. The van der Waals surface area contributed by atoms with Crippen molar-refractivity contribution in [3.05, 3.63) is 60.4 Å². The molecule has 130 valence electrons. The number of allylic oxidation sites excluding steroid dienone is 1. The average molecular weight is 353 g/mol. The summed E-state index contributed by atoms with van der Waals surface area (Å²) in [7, 11) is 1.95. The highest BCUT2D eigenvalue weighted by molar-refractivity contribution is 7.99. The molecule has 0 amide bonds. The molecule has 0 fully saturated rings. The number of hydrogen-bond acceptors (Lipinski definition) is 4. The van der Waals surface area contributed by atoms with E-state index in [0.717, 1.165) is 35.1 Å². The number of nitrogens with zero attached hydrogens (tertiary/aromatic N) is 5. The fraction of sp³-hybridized carbons (Fsp3) is 0.316. The lowest BCUT2D eigenvalue weighted by atomic mass is 10.1. The largest absolute Gasteiger partial charge is 0.298 e. The van der Waals surface area contributed by atoms with Gasteiger partial charge in [0.15, 0.2) is 11.0 Å². The zero-order chi connectivity index (χ0) is 17.6. The van der Waals surface area contributed by atoms with Gasteiger partial charge in [0.2, 0.25) is 0 Å². The number of rotatable bonds is 8. The second kappa shape index (κ2) is 8.16. The van der Waals surface area contributed by atoms with Gasteiger partial charge >= 0.3 is 0 Å². The average Bonchev–Trinajstić information content (AvgIpc) is 3.18. The van der Waals surface area contributed by atoms with E-state index in [0.29, 0.717) is 6.54 Å². The summed E-state index contributed by atoms with van der Waals surface area (Å²) in [5, 5.41) is 14.0. The molecule has 0 unspecified atom stereocenters. The minimum absolute atomic E-state index is 0.710. The fourth-order valence-electron chi connectivity index (χ4n) is 2.73. The highest BCUT2D eigenvalue weighted by Crippen LogP contribution is 2.25. The molecule has 0 saturated carbocycles. The molecule has 0 bridgehead atoms. The smallest absolute Gasteiger partial charge is 0.191 e. The molecular weight excluding hydrogens is 330 g/mol. The van der Waals surface area contributed by atoms with E-state index in [1.54, 1.807) is 11.8 Å². The van der Waals surface area contributed by atoms with E-state index >= 15 is 0 Å². The van der Waals surface area contributed by atoms with Gasteiger partial charge in [-0.05, 0) is 31.4 Å². The van der Waals surface area contributed by atoms with Crippen LogP contribution in [0.25, 0.3) is 11.4 Å². The molecule has 0 N–H and O–H groups in total.